The maximum absolute atomic E-state index is 12.7. The fourth-order valence-electron chi connectivity index (χ4n) is 2.91. The fraction of sp³-hybridized carbons (Fsp3) is 0.200. The van der Waals surface area contributed by atoms with Crippen LogP contribution >= 0.6 is 0 Å². The van der Waals surface area contributed by atoms with Crippen molar-refractivity contribution in [2.75, 3.05) is 0 Å². The van der Waals surface area contributed by atoms with Crippen molar-refractivity contribution in [2.24, 2.45) is 0 Å². The summed E-state index contributed by atoms with van der Waals surface area (Å²) in [5, 5.41) is 7.20. The molecule has 4 nitrogen and oxygen atoms in total. The van der Waals surface area contributed by atoms with Crippen molar-refractivity contribution in [3.8, 4) is 11.3 Å². The molecule has 1 amide bonds. The molecule has 0 bridgehead atoms. The second-order valence-electron chi connectivity index (χ2n) is 6.19. The molecule has 0 unspecified atom stereocenters. The van der Waals surface area contributed by atoms with E-state index in [1.165, 1.54) is 0 Å². The number of nitrogens with zero attached hydrogens (tertiary/aromatic N) is 1. The Bertz CT molecular complexity index is 836. The van der Waals surface area contributed by atoms with Crippen LogP contribution in [-0.4, -0.2) is 11.1 Å². The molecule has 1 aromatic heterocycles. The molecular formula is C20H18N2O2. The van der Waals surface area contributed by atoms with Crippen LogP contribution in [0.15, 0.2) is 71.3 Å². The minimum Gasteiger partial charge on any atom is -0.356 e. The first-order valence-corrected chi connectivity index (χ1v) is 8.13. The van der Waals surface area contributed by atoms with Crippen LogP contribution in [0.1, 0.15) is 24.1 Å². The highest BCUT2D eigenvalue weighted by molar-refractivity contribution is 5.91. The summed E-state index contributed by atoms with van der Waals surface area (Å²) in [6, 6.07) is 21.6. The molecule has 1 aliphatic carbocycles. The van der Waals surface area contributed by atoms with Crippen molar-refractivity contribution in [3.05, 3.63) is 78.0 Å². The molecule has 1 saturated carbocycles. The Balaban J connectivity index is 1.49. The molecular weight excluding hydrogens is 300 g/mol. The zero-order chi connectivity index (χ0) is 16.4. The van der Waals surface area contributed by atoms with Gasteiger partial charge in [-0.2, -0.15) is 0 Å². The van der Waals surface area contributed by atoms with Crippen LogP contribution in [-0.2, 0) is 16.8 Å². The quantitative estimate of drug-likeness (QED) is 0.780. The lowest BCUT2D eigenvalue weighted by Gasteiger charge is -2.12. The van der Waals surface area contributed by atoms with Gasteiger partial charge in [-0.25, -0.2) is 0 Å². The highest BCUT2D eigenvalue weighted by atomic mass is 16.5. The van der Waals surface area contributed by atoms with Gasteiger partial charge in [-0.3, -0.25) is 4.79 Å². The Labute approximate surface area is 140 Å². The van der Waals surface area contributed by atoms with Crippen molar-refractivity contribution in [2.45, 2.75) is 24.8 Å². The van der Waals surface area contributed by atoms with Gasteiger partial charge in [0.05, 0.1) is 11.1 Å². The second kappa shape index (κ2) is 5.96. The van der Waals surface area contributed by atoms with E-state index in [1.54, 1.807) is 0 Å². The van der Waals surface area contributed by atoms with Crippen LogP contribution in [0.3, 0.4) is 0 Å². The topological polar surface area (TPSA) is 55.1 Å². The molecule has 2 aromatic carbocycles. The van der Waals surface area contributed by atoms with Crippen molar-refractivity contribution in [1.82, 2.24) is 10.5 Å². The smallest absolute Gasteiger partial charge is 0.232 e. The lowest BCUT2D eigenvalue weighted by atomic mass is 10.00. The van der Waals surface area contributed by atoms with Gasteiger partial charge in [-0.1, -0.05) is 65.8 Å². The van der Waals surface area contributed by atoms with Gasteiger partial charge in [0.1, 0.15) is 0 Å². The summed E-state index contributed by atoms with van der Waals surface area (Å²) in [5.74, 6) is 0.729. The first kappa shape index (κ1) is 14.7. The average Bonchev–Trinajstić information content (AvgIpc) is 3.31. The van der Waals surface area contributed by atoms with E-state index < -0.39 is 5.41 Å². The summed E-state index contributed by atoms with van der Waals surface area (Å²) in [4.78, 5) is 12.7. The molecule has 0 aliphatic heterocycles. The van der Waals surface area contributed by atoms with Gasteiger partial charge in [0.15, 0.2) is 5.76 Å². The molecule has 24 heavy (non-hydrogen) atoms. The zero-order valence-electron chi connectivity index (χ0n) is 13.2. The Kier molecular flexibility index (Phi) is 3.65. The third-order valence-corrected chi connectivity index (χ3v) is 4.54. The van der Waals surface area contributed by atoms with Gasteiger partial charge in [0, 0.05) is 18.2 Å². The summed E-state index contributed by atoms with van der Waals surface area (Å²) in [6.07, 6.45) is 1.63. The average molecular weight is 318 g/mol. The van der Waals surface area contributed by atoms with Crippen molar-refractivity contribution in [3.63, 3.8) is 0 Å². The summed E-state index contributed by atoms with van der Waals surface area (Å²) in [6.45, 7) is 0.533. The summed E-state index contributed by atoms with van der Waals surface area (Å²) < 4.78 is 5.46. The molecule has 0 radical (unpaired) electrons. The number of hydrogen-bond donors (Lipinski definition) is 1. The third-order valence-electron chi connectivity index (χ3n) is 4.54. The number of carbonyl (C=O) groups is 1. The van der Waals surface area contributed by atoms with E-state index in [2.05, 4.69) is 10.5 Å². The number of hydrogen-bond acceptors (Lipinski definition) is 3. The van der Waals surface area contributed by atoms with E-state index in [0.29, 0.717) is 12.3 Å². The fourth-order valence-corrected chi connectivity index (χ4v) is 2.91. The van der Waals surface area contributed by atoms with Gasteiger partial charge >= 0.3 is 0 Å². The summed E-state index contributed by atoms with van der Waals surface area (Å²) in [5.41, 5.74) is 2.26. The maximum Gasteiger partial charge on any atom is 0.232 e. The SMILES string of the molecule is O=C(NCc1ccccc1)C1(c2cc(-c3ccccc3)on2)CC1. The predicted octanol–water partition coefficient (Wildman–Crippen LogP) is 3.69. The zero-order valence-corrected chi connectivity index (χ0v) is 13.2. The molecule has 1 aliphatic rings. The summed E-state index contributed by atoms with van der Waals surface area (Å²) in [7, 11) is 0. The molecule has 4 rings (SSSR count). The molecule has 0 atom stereocenters. The Hall–Kier alpha value is -2.88. The van der Waals surface area contributed by atoms with E-state index in [9.17, 15) is 4.79 Å². The Morgan fingerprint density at radius 3 is 2.38 bits per heavy atom. The van der Waals surface area contributed by atoms with Gasteiger partial charge in [0.25, 0.3) is 0 Å². The molecule has 1 N–H and O–H groups in total. The van der Waals surface area contributed by atoms with E-state index in [4.69, 9.17) is 4.52 Å². The van der Waals surface area contributed by atoms with Gasteiger partial charge in [0.2, 0.25) is 5.91 Å². The number of nitrogens with one attached hydrogen (secondary N) is 1. The second-order valence-corrected chi connectivity index (χ2v) is 6.19. The largest absolute Gasteiger partial charge is 0.356 e. The number of amides is 1. The van der Waals surface area contributed by atoms with E-state index in [1.807, 2.05) is 66.7 Å². The van der Waals surface area contributed by atoms with Crippen molar-refractivity contribution < 1.29 is 9.32 Å². The third kappa shape index (κ3) is 2.71. The minimum absolute atomic E-state index is 0.0271. The van der Waals surface area contributed by atoms with Crippen LogP contribution in [0.4, 0.5) is 0 Å². The monoisotopic (exact) mass is 318 g/mol. The molecule has 3 aromatic rings. The lowest BCUT2D eigenvalue weighted by molar-refractivity contribution is -0.123. The molecule has 0 saturated heterocycles. The Morgan fingerprint density at radius 2 is 1.71 bits per heavy atom. The van der Waals surface area contributed by atoms with Gasteiger partial charge in [-0.15, -0.1) is 0 Å². The predicted molar refractivity (Wildman–Crippen MR) is 91.1 cm³/mol. The van der Waals surface area contributed by atoms with Crippen LogP contribution in [0, 0.1) is 0 Å². The van der Waals surface area contributed by atoms with Crippen molar-refractivity contribution in [1.29, 1.82) is 0 Å². The van der Waals surface area contributed by atoms with Crippen LogP contribution in [0.2, 0.25) is 0 Å². The molecule has 120 valence electrons. The van der Waals surface area contributed by atoms with E-state index in [0.717, 1.165) is 29.7 Å². The number of benzene rings is 2. The van der Waals surface area contributed by atoms with Crippen molar-refractivity contribution >= 4 is 5.91 Å². The van der Waals surface area contributed by atoms with Crippen LogP contribution in [0.25, 0.3) is 11.3 Å². The van der Waals surface area contributed by atoms with Gasteiger partial charge in [-0.05, 0) is 18.4 Å². The first-order chi connectivity index (χ1) is 11.8. The number of rotatable bonds is 5. The van der Waals surface area contributed by atoms with E-state index >= 15 is 0 Å². The van der Waals surface area contributed by atoms with E-state index in [-0.39, 0.29) is 5.91 Å². The van der Waals surface area contributed by atoms with Crippen LogP contribution in [0.5, 0.6) is 0 Å². The highest BCUT2D eigenvalue weighted by Gasteiger charge is 2.53. The normalized spacial score (nSPS) is 15.0. The molecule has 1 fully saturated rings. The molecule has 0 spiro atoms. The van der Waals surface area contributed by atoms with Gasteiger partial charge < -0.3 is 9.84 Å². The minimum atomic E-state index is -0.523. The summed E-state index contributed by atoms with van der Waals surface area (Å²) >= 11 is 0. The lowest BCUT2D eigenvalue weighted by Crippen LogP contribution is -2.34. The maximum atomic E-state index is 12.7. The number of aromatic nitrogens is 1. The highest BCUT2D eigenvalue weighted by Crippen LogP contribution is 2.48. The molecule has 4 heteroatoms. The standard InChI is InChI=1S/C20H18N2O2/c23-19(21-14-15-7-3-1-4-8-15)20(11-12-20)18-13-17(24-22-18)16-9-5-2-6-10-16/h1-10,13H,11-12,14H2,(H,21,23). The molecule has 1 heterocycles. The Morgan fingerprint density at radius 1 is 1.04 bits per heavy atom. The number of carbonyl (C=O) groups excluding carboxylic acids is 1. The first-order valence-electron chi connectivity index (χ1n) is 8.13. The van der Waals surface area contributed by atoms with Crippen LogP contribution < -0.4 is 5.32 Å².